The molecule has 0 amide bonds. The molecule has 0 spiro atoms. The molecule has 1 N–H and O–H groups in total. The van der Waals surface area contributed by atoms with E-state index in [0.717, 1.165) is 24.3 Å². The van der Waals surface area contributed by atoms with Crippen LogP contribution < -0.4 is 5.32 Å². The molecule has 0 bridgehead atoms. The van der Waals surface area contributed by atoms with Gasteiger partial charge in [0.25, 0.3) is 0 Å². The Morgan fingerprint density at radius 2 is 1.88 bits per heavy atom. The summed E-state index contributed by atoms with van der Waals surface area (Å²) in [7, 11) is 2.00. The summed E-state index contributed by atoms with van der Waals surface area (Å²) in [6.07, 6.45) is 5.44. The van der Waals surface area contributed by atoms with Crippen LogP contribution in [0, 0.1) is 17.8 Å². The molecule has 4 atom stereocenters. The van der Waals surface area contributed by atoms with Crippen LogP contribution >= 0.6 is 0 Å². The van der Waals surface area contributed by atoms with Crippen molar-refractivity contribution in [1.29, 1.82) is 0 Å². The van der Waals surface area contributed by atoms with E-state index in [1.54, 1.807) is 0 Å². The summed E-state index contributed by atoms with van der Waals surface area (Å²) in [5.41, 5.74) is 0. The normalized spacial score (nSPS) is 42.5. The fraction of sp³-hybridized carbons (Fsp3) is 1.00. The minimum absolute atomic E-state index is 0.118. The Kier molecular flexibility index (Phi) is 4.29. The second kappa shape index (κ2) is 5.39. The van der Waals surface area contributed by atoms with Gasteiger partial charge in [-0.25, -0.2) is 0 Å². The molecule has 1 saturated heterocycles. The van der Waals surface area contributed by atoms with Crippen molar-refractivity contribution in [3.8, 4) is 0 Å². The molecule has 4 unspecified atom stereocenters. The molecule has 100 valence electrons. The molecular formula is C13H27NO2Si. The minimum atomic E-state index is -1.61. The van der Waals surface area contributed by atoms with E-state index in [1.165, 1.54) is 25.7 Å². The maximum absolute atomic E-state index is 5.67. The van der Waals surface area contributed by atoms with E-state index < -0.39 is 9.28 Å². The first-order chi connectivity index (χ1) is 8.11. The third-order valence-corrected chi connectivity index (χ3v) is 7.42. The van der Waals surface area contributed by atoms with Gasteiger partial charge in [-0.15, -0.1) is 0 Å². The molecular weight excluding hydrogens is 230 g/mol. The van der Waals surface area contributed by atoms with Gasteiger partial charge in [0.1, 0.15) is 0 Å². The highest BCUT2D eigenvalue weighted by Gasteiger charge is 2.50. The monoisotopic (exact) mass is 257 g/mol. The minimum Gasteiger partial charge on any atom is -0.399 e. The van der Waals surface area contributed by atoms with Crippen molar-refractivity contribution >= 4 is 9.28 Å². The van der Waals surface area contributed by atoms with Gasteiger partial charge in [-0.05, 0) is 50.5 Å². The van der Waals surface area contributed by atoms with Crippen LogP contribution in [-0.4, -0.2) is 35.2 Å². The van der Waals surface area contributed by atoms with Crippen molar-refractivity contribution in [1.82, 2.24) is 5.32 Å². The number of hydrogen-bond donors (Lipinski definition) is 1. The highest BCUT2D eigenvalue weighted by molar-refractivity contribution is 6.48. The lowest BCUT2D eigenvalue weighted by molar-refractivity contribution is 0.0659. The van der Waals surface area contributed by atoms with Crippen LogP contribution in [0.5, 0.6) is 0 Å². The number of nitrogens with one attached hydrogen (secondary N) is 1. The Bertz CT molecular complexity index is 260. The Morgan fingerprint density at radius 1 is 1.18 bits per heavy atom. The SMILES string of the molecule is CO[SiH](OC)C1(C)NCCC2CC(C)CCC21. The van der Waals surface area contributed by atoms with Gasteiger partial charge in [0.05, 0.1) is 5.16 Å². The molecule has 0 aromatic carbocycles. The first-order valence-corrected chi connectivity index (χ1v) is 8.44. The van der Waals surface area contributed by atoms with Gasteiger partial charge in [-0.1, -0.05) is 13.3 Å². The van der Waals surface area contributed by atoms with Crippen LogP contribution in [-0.2, 0) is 8.85 Å². The standard InChI is InChI=1S/C13H27NO2Si/c1-10-5-6-12-11(9-10)7-8-14-13(12,2)17(15-3)16-4/h10-12,14,17H,5-9H2,1-4H3. The van der Waals surface area contributed by atoms with E-state index in [-0.39, 0.29) is 5.16 Å². The first-order valence-electron chi connectivity index (χ1n) is 6.92. The molecule has 17 heavy (non-hydrogen) atoms. The van der Waals surface area contributed by atoms with E-state index >= 15 is 0 Å². The van der Waals surface area contributed by atoms with E-state index in [1.807, 2.05) is 14.2 Å². The molecule has 1 heterocycles. The first kappa shape index (κ1) is 13.5. The molecule has 2 rings (SSSR count). The lowest BCUT2D eigenvalue weighted by Crippen LogP contribution is -2.66. The average Bonchev–Trinajstić information content (AvgIpc) is 2.30. The molecule has 0 aromatic rings. The van der Waals surface area contributed by atoms with Crippen molar-refractivity contribution in [2.24, 2.45) is 17.8 Å². The molecule has 1 aliphatic carbocycles. The topological polar surface area (TPSA) is 30.5 Å². The predicted molar refractivity (Wildman–Crippen MR) is 72.2 cm³/mol. The van der Waals surface area contributed by atoms with Gasteiger partial charge >= 0.3 is 9.28 Å². The van der Waals surface area contributed by atoms with Gasteiger partial charge in [0, 0.05) is 14.2 Å². The average molecular weight is 257 g/mol. The summed E-state index contributed by atoms with van der Waals surface area (Å²) in [6, 6.07) is 0. The van der Waals surface area contributed by atoms with E-state index in [0.29, 0.717) is 0 Å². The molecule has 1 saturated carbocycles. The van der Waals surface area contributed by atoms with Crippen molar-refractivity contribution < 1.29 is 8.85 Å². The van der Waals surface area contributed by atoms with E-state index in [2.05, 4.69) is 19.2 Å². The van der Waals surface area contributed by atoms with Crippen molar-refractivity contribution in [3.05, 3.63) is 0 Å². The smallest absolute Gasteiger partial charge is 0.341 e. The molecule has 2 fully saturated rings. The van der Waals surface area contributed by atoms with Crippen LogP contribution in [0.1, 0.15) is 39.5 Å². The number of piperidine rings is 1. The molecule has 0 radical (unpaired) electrons. The quantitative estimate of drug-likeness (QED) is 0.783. The summed E-state index contributed by atoms with van der Waals surface area (Å²) in [4.78, 5) is 0. The fourth-order valence-corrected chi connectivity index (χ4v) is 6.38. The van der Waals surface area contributed by atoms with Crippen molar-refractivity contribution in [2.45, 2.75) is 44.7 Å². The van der Waals surface area contributed by atoms with Gasteiger partial charge in [0.15, 0.2) is 0 Å². The van der Waals surface area contributed by atoms with Crippen LogP contribution in [0.15, 0.2) is 0 Å². The second-order valence-corrected chi connectivity index (χ2v) is 8.89. The van der Waals surface area contributed by atoms with Crippen LogP contribution in [0.4, 0.5) is 0 Å². The third-order valence-electron chi connectivity index (χ3n) is 4.95. The Morgan fingerprint density at radius 3 is 2.53 bits per heavy atom. The Labute approximate surface area is 107 Å². The molecule has 0 aromatic heterocycles. The highest BCUT2D eigenvalue weighted by atomic mass is 28.3. The number of hydrogen-bond acceptors (Lipinski definition) is 3. The van der Waals surface area contributed by atoms with Gasteiger partial charge in [-0.3, -0.25) is 0 Å². The second-order valence-electron chi connectivity index (χ2n) is 6.09. The van der Waals surface area contributed by atoms with Gasteiger partial charge in [0.2, 0.25) is 0 Å². The lowest BCUT2D eigenvalue weighted by Gasteiger charge is -2.51. The zero-order chi connectivity index (χ0) is 12.5. The van der Waals surface area contributed by atoms with E-state index in [4.69, 9.17) is 8.85 Å². The summed E-state index contributed by atoms with van der Waals surface area (Å²) < 4.78 is 11.3. The summed E-state index contributed by atoms with van der Waals surface area (Å²) >= 11 is 0. The molecule has 2 aliphatic rings. The highest BCUT2D eigenvalue weighted by Crippen LogP contribution is 2.44. The summed E-state index contributed by atoms with van der Waals surface area (Å²) in [5, 5.41) is 3.84. The van der Waals surface area contributed by atoms with Gasteiger partial charge in [-0.2, -0.15) is 0 Å². The predicted octanol–water partition coefficient (Wildman–Crippen LogP) is 1.84. The summed E-state index contributed by atoms with van der Waals surface area (Å²) in [6.45, 7) is 5.86. The van der Waals surface area contributed by atoms with Crippen molar-refractivity contribution in [3.63, 3.8) is 0 Å². The number of fused-ring (bicyclic) bond motifs is 1. The largest absolute Gasteiger partial charge is 0.399 e. The summed E-state index contributed by atoms with van der Waals surface area (Å²) in [5.74, 6) is 2.54. The third kappa shape index (κ3) is 2.45. The molecule has 1 aliphatic heterocycles. The van der Waals surface area contributed by atoms with Crippen LogP contribution in [0.25, 0.3) is 0 Å². The zero-order valence-electron chi connectivity index (χ0n) is 11.7. The number of rotatable bonds is 3. The molecule has 4 heteroatoms. The lowest BCUT2D eigenvalue weighted by atomic mass is 9.68. The maximum atomic E-state index is 5.67. The van der Waals surface area contributed by atoms with Crippen LogP contribution in [0.2, 0.25) is 0 Å². The van der Waals surface area contributed by atoms with Crippen molar-refractivity contribution in [2.75, 3.05) is 20.8 Å². The Balaban J connectivity index is 2.16. The van der Waals surface area contributed by atoms with Gasteiger partial charge < -0.3 is 14.2 Å². The zero-order valence-corrected chi connectivity index (χ0v) is 12.8. The Hall–Kier alpha value is 0.0969. The maximum Gasteiger partial charge on any atom is 0.341 e. The molecule has 3 nitrogen and oxygen atoms in total. The van der Waals surface area contributed by atoms with Crippen LogP contribution in [0.3, 0.4) is 0 Å². The fourth-order valence-electron chi connectivity index (χ4n) is 4.11. The van der Waals surface area contributed by atoms with E-state index in [9.17, 15) is 0 Å².